The Bertz CT molecular complexity index is 921. The molecule has 0 fully saturated rings. The van der Waals surface area contributed by atoms with Crippen molar-refractivity contribution in [1.82, 2.24) is 0 Å². The molecule has 0 saturated carbocycles. The van der Waals surface area contributed by atoms with Crippen molar-refractivity contribution in [2.75, 3.05) is 18.3 Å². The predicted octanol–water partition coefficient (Wildman–Crippen LogP) is 2.95. The summed E-state index contributed by atoms with van der Waals surface area (Å²) < 4.78 is 15.7. The monoisotopic (exact) mass is 365 g/mol. The van der Waals surface area contributed by atoms with Crippen LogP contribution in [0.25, 0.3) is 6.08 Å². The van der Waals surface area contributed by atoms with Crippen LogP contribution in [0.2, 0.25) is 0 Å². The Labute approximate surface area is 156 Å². The van der Waals surface area contributed by atoms with Crippen LogP contribution in [0.15, 0.2) is 48.5 Å². The van der Waals surface area contributed by atoms with E-state index in [1.54, 1.807) is 23.1 Å². The molecule has 2 heterocycles. The maximum Gasteiger partial charge on any atom is 0.331 e. The van der Waals surface area contributed by atoms with Crippen LogP contribution in [-0.2, 0) is 20.7 Å². The van der Waals surface area contributed by atoms with Crippen LogP contribution in [0.3, 0.4) is 0 Å². The van der Waals surface area contributed by atoms with Gasteiger partial charge in [-0.05, 0) is 48.7 Å². The number of fused-ring (bicyclic) bond motifs is 2. The van der Waals surface area contributed by atoms with Crippen molar-refractivity contribution in [2.24, 2.45) is 0 Å². The molecule has 4 rings (SSSR count). The maximum absolute atomic E-state index is 12.5. The molecule has 2 aromatic carbocycles. The van der Waals surface area contributed by atoms with E-state index in [1.807, 2.05) is 37.3 Å². The number of amides is 1. The van der Waals surface area contributed by atoms with Gasteiger partial charge in [-0.2, -0.15) is 0 Å². The number of anilines is 1. The number of rotatable bonds is 4. The molecule has 1 amide bonds. The van der Waals surface area contributed by atoms with E-state index < -0.39 is 5.97 Å². The summed E-state index contributed by atoms with van der Waals surface area (Å²) in [5.74, 6) is 0.529. The van der Waals surface area contributed by atoms with Crippen LogP contribution in [0.1, 0.15) is 18.1 Å². The summed E-state index contributed by atoms with van der Waals surface area (Å²) in [6.45, 7) is 1.90. The molecule has 0 spiro atoms. The second-order valence-corrected chi connectivity index (χ2v) is 6.50. The molecule has 1 atom stereocenters. The average Bonchev–Trinajstić information content (AvgIpc) is 3.27. The minimum absolute atomic E-state index is 0.0535. The number of carbonyl (C=O) groups excluding carboxylic acids is 2. The zero-order chi connectivity index (χ0) is 18.8. The molecular weight excluding hydrogens is 346 g/mol. The SMILES string of the molecule is CC1Cc2ccccc2N1C(=O)COC(=O)/C=C/c1ccc2c(c1)OCO2. The van der Waals surface area contributed by atoms with E-state index in [9.17, 15) is 9.59 Å². The summed E-state index contributed by atoms with van der Waals surface area (Å²) in [5.41, 5.74) is 2.80. The first kappa shape index (κ1) is 17.1. The molecule has 2 aromatic rings. The third-order valence-electron chi connectivity index (χ3n) is 4.62. The average molecular weight is 365 g/mol. The Morgan fingerprint density at radius 2 is 2.00 bits per heavy atom. The van der Waals surface area contributed by atoms with Crippen molar-refractivity contribution < 1.29 is 23.8 Å². The molecule has 0 radical (unpaired) electrons. The Kier molecular flexibility index (Phi) is 4.54. The molecule has 27 heavy (non-hydrogen) atoms. The van der Waals surface area contributed by atoms with Gasteiger partial charge in [0.05, 0.1) is 0 Å². The highest BCUT2D eigenvalue weighted by Crippen LogP contribution is 2.33. The smallest absolute Gasteiger partial charge is 0.331 e. The molecule has 138 valence electrons. The summed E-state index contributed by atoms with van der Waals surface area (Å²) in [5, 5.41) is 0. The fraction of sp³-hybridized carbons (Fsp3) is 0.238. The van der Waals surface area contributed by atoms with Crippen LogP contribution >= 0.6 is 0 Å². The molecule has 2 aliphatic rings. The highest BCUT2D eigenvalue weighted by atomic mass is 16.7. The third kappa shape index (κ3) is 3.51. The number of esters is 1. The zero-order valence-electron chi connectivity index (χ0n) is 14.9. The quantitative estimate of drug-likeness (QED) is 0.616. The third-order valence-corrected chi connectivity index (χ3v) is 4.62. The normalized spacial score (nSPS) is 17.2. The first-order valence-electron chi connectivity index (χ1n) is 8.76. The van der Waals surface area contributed by atoms with Gasteiger partial charge < -0.3 is 19.1 Å². The summed E-state index contributed by atoms with van der Waals surface area (Å²) in [6.07, 6.45) is 3.72. The van der Waals surface area contributed by atoms with Crippen molar-refractivity contribution >= 4 is 23.6 Å². The van der Waals surface area contributed by atoms with Gasteiger partial charge in [-0.15, -0.1) is 0 Å². The second kappa shape index (κ2) is 7.15. The molecule has 0 aromatic heterocycles. The lowest BCUT2D eigenvalue weighted by Gasteiger charge is -2.22. The number of ether oxygens (including phenoxy) is 3. The van der Waals surface area contributed by atoms with Crippen LogP contribution in [0.5, 0.6) is 11.5 Å². The zero-order valence-corrected chi connectivity index (χ0v) is 14.9. The Hall–Kier alpha value is -3.28. The Morgan fingerprint density at radius 1 is 1.19 bits per heavy atom. The molecular formula is C21H19NO5. The largest absolute Gasteiger partial charge is 0.454 e. The first-order valence-corrected chi connectivity index (χ1v) is 8.76. The number of para-hydroxylation sites is 1. The van der Waals surface area contributed by atoms with Gasteiger partial charge in [0, 0.05) is 17.8 Å². The fourth-order valence-corrected chi connectivity index (χ4v) is 3.38. The van der Waals surface area contributed by atoms with Gasteiger partial charge >= 0.3 is 5.97 Å². The van der Waals surface area contributed by atoms with Crippen molar-refractivity contribution in [3.63, 3.8) is 0 Å². The molecule has 0 saturated heterocycles. The number of benzene rings is 2. The van der Waals surface area contributed by atoms with E-state index >= 15 is 0 Å². The summed E-state index contributed by atoms with van der Waals surface area (Å²) in [7, 11) is 0. The lowest BCUT2D eigenvalue weighted by atomic mass is 10.1. The number of carbonyl (C=O) groups is 2. The van der Waals surface area contributed by atoms with Gasteiger partial charge in [0.2, 0.25) is 6.79 Å². The lowest BCUT2D eigenvalue weighted by molar-refractivity contribution is -0.143. The van der Waals surface area contributed by atoms with Crippen LogP contribution in [-0.4, -0.2) is 31.3 Å². The minimum Gasteiger partial charge on any atom is -0.454 e. The van der Waals surface area contributed by atoms with Gasteiger partial charge in [0.25, 0.3) is 5.91 Å². The van der Waals surface area contributed by atoms with Gasteiger partial charge in [-0.25, -0.2) is 4.79 Å². The summed E-state index contributed by atoms with van der Waals surface area (Å²) in [4.78, 5) is 26.2. The van der Waals surface area contributed by atoms with Gasteiger partial charge in [-0.1, -0.05) is 24.3 Å². The van der Waals surface area contributed by atoms with Crippen LogP contribution in [0.4, 0.5) is 5.69 Å². The minimum atomic E-state index is -0.568. The van der Waals surface area contributed by atoms with Crippen LogP contribution < -0.4 is 14.4 Å². The van der Waals surface area contributed by atoms with E-state index in [-0.39, 0.29) is 25.3 Å². The molecule has 2 aliphatic heterocycles. The highest BCUT2D eigenvalue weighted by Gasteiger charge is 2.30. The number of hydrogen-bond donors (Lipinski definition) is 0. The Morgan fingerprint density at radius 3 is 2.89 bits per heavy atom. The van der Waals surface area contributed by atoms with Gasteiger partial charge in [0.1, 0.15) is 0 Å². The van der Waals surface area contributed by atoms with Crippen molar-refractivity contribution in [2.45, 2.75) is 19.4 Å². The van der Waals surface area contributed by atoms with Crippen molar-refractivity contribution in [3.05, 3.63) is 59.7 Å². The molecule has 0 bridgehead atoms. The topological polar surface area (TPSA) is 65.1 Å². The lowest BCUT2D eigenvalue weighted by Crippen LogP contribution is -2.38. The summed E-state index contributed by atoms with van der Waals surface area (Å²) >= 11 is 0. The van der Waals surface area contributed by atoms with E-state index in [0.717, 1.165) is 23.2 Å². The van der Waals surface area contributed by atoms with Gasteiger partial charge in [-0.3, -0.25) is 4.79 Å². The Balaban J connectivity index is 1.35. The van der Waals surface area contributed by atoms with E-state index in [4.69, 9.17) is 14.2 Å². The van der Waals surface area contributed by atoms with E-state index in [1.165, 1.54) is 6.08 Å². The fourth-order valence-electron chi connectivity index (χ4n) is 3.38. The standard InChI is InChI=1S/C21H19NO5/c1-14-10-16-4-2-3-5-17(16)22(14)20(23)12-25-21(24)9-7-15-6-8-18-19(11-15)27-13-26-18/h2-9,11,14H,10,12-13H2,1H3/b9-7+. The van der Waals surface area contributed by atoms with E-state index in [2.05, 4.69) is 0 Å². The second-order valence-electron chi connectivity index (χ2n) is 6.50. The van der Waals surface area contributed by atoms with Gasteiger partial charge in [0.15, 0.2) is 18.1 Å². The molecule has 0 N–H and O–H groups in total. The molecule has 0 aliphatic carbocycles. The number of nitrogens with zero attached hydrogens (tertiary/aromatic N) is 1. The molecule has 1 unspecified atom stereocenters. The summed E-state index contributed by atoms with van der Waals surface area (Å²) in [6, 6.07) is 13.2. The predicted molar refractivity (Wildman–Crippen MR) is 99.7 cm³/mol. The molecule has 6 heteroatoms. The van der Waals surface area contributed by atoms with E-state index in [0.29, 0.717) is 11.5 Å². The highest BCUT2D eigenvalue weighted by molar-refractivity contribution is 5.98. The van der Waals surface area contributed by atoms with Crippen molar-refractivity contribution in [3.8, 4) is 11.5 Å². The molecule has 6 nitrogen and oxygen atoms in total. The number of hydrogen-bond acceptors (Lipinski definition) is 5. The van der Waals surface area contributed by atoms with Crippen molar-refractivity contribution in [1.29, 1.82) is 0 Å². The van der Waals surface area contributed by atoms with Crippen LogP contribution in [0, 0.1) is 0 Å². The maximum atomic E-state index is 12.5. The first-order chi connectivity index (χ1) is 13.1.